The van der Waals surface area contributed by atoms with Crippen molar-refractivity contribution in [3.05, 3.63) is 54.4 Å². The fourth-order valence-corrected chi connectivity index (χ4v) is 4.16. The predicted octanol–water partition coefficient (Wildman–Crippen LogP) is 2.64. The van der Waals surface area contributed by atoms with Gasteiger partial charge < -0.3 is 9.88 Å². The van der Waals surface area contributed by atoms with Gasteiger partial charge in [0, 0.05) is 30.2 Å². The zero-order valence-electron chi connectivity index (χ0n) is 16.1. The number of thioether (sulfide) groups is 1. The summed E-state index contributed by atoms with van der Waals surface area (Å²) in [6, 6.07) is 12.7. The zero-order valence-corrected chi connectivity index (χ0v) is 17.7. The molecule has 3 aromatic rings. The Bertz CT molecular complexity index is 1080. The first-order chi connectivity index (χ1) is 13.9. The smallest absolute Gasteiger partial charge is 0.234 e. The maximum atomic E-state index is 12.2. The average Bonchev–Trinajstić information content (AvgIpc) is 3.09. The van der Waals surface area contributed by atoms with Gasteiger partial charge in [-0.3, -0.25) is 9.78 Å². The van der Waals surface area contributed by atoms with E-state index in [-0.39, 0.29) is 17.4 Å². The van der Waals surface area contributed by atoms with Gasteiger partial charge in [0.25, 0.3) is 0 Å². The van der Waals surface area contributed by atoms with Crippen molar-refractivity contribution >= 4 is 33.2 Å². The zero-order chi connectivity index (χ0) is 20.9. The van der Waals surface area contributed by atoms with Crippen LogP contribution in [0.15, 0.2) is 53.8 Å². The summed E-state index contributed by atoms with van der Waals surface area (Å²) in [4.78, 5) is 16.4. The first kappa shape index (κ1) is 21.0. The molecule has 0 unspecified atom stereocenters. The minimum atomic E-state index is -3.14. The number of rotatable bonds is 8. The number of benzene rings is 1. The second-order valence-electron chi connectivity index (χ2n) is 6.36. The summed E-state index contributed by atoms with van der Waals surface area (Å²) in [5, 5.41) is 11.9. The van der Waals surface area contributed by atoms with Crippen molar-refractivity contribution in [1.29, 1.82) is 0 Å². The van der Waals surface area contributed by atoms with E-state index in [1.54, 1.807) is 18.3 Å². The number of pyridine rings is 1. The first-order valence-corrected chi connectivity index (χ1v) is 11.9. The van der Waals surface area contributed by atoms with Crippen LogP contribution in [0, 0.1) is 0 Å². The molecule has 2 aromatic heterocycles. The molecule has 8 nitrogen and oxygen atoms in total. The van der Waals surface area contributed by atoms with E-state index in [4.69, 9.17) is 0 Å². The molecule has 29 heavy (non-hydrogen) atoms. The van der Waals surface area contributed by atoms with Gasteiger partial charge in [-0.15, -0.1) is 10.2 Å². The molecule has 3 rings (SSSR count). The standard InChI is InChI=1S/C19H21N5O3S2/c1-3-24-18(14-9-10-16(20-11-14)13-29(2,26)27)22-23-19(24)28-12-17(25)21-15-7-5-4-6-8-15/h4-11H,3,12-13H2,1-2H3,(H,21,25). The van der Waals surface area contributed by atoms with Crippen molar-refractivity contribution < 1.29 is 13.2 Å². The van der Waals surface area contributed by atoms with Crippen LogP contribution in [-0.2, 0) is 26.9 Å². The number of amides is 1. The largest absolute Gasteiger partial charge is 0.325 e. The molecule has 1 aromatic carbocycles. The maximum Gasteiger partial charge on any atom is 0.234 e. The van der Waals surface area contributed by atoms with E-state index in [0.717, 1.165) is 11.3 Å². The summed E-state index contributed by atoms with van der Waals surface area (Å²) >= 11 is 1.30. The normalized spacial score (nSPS) is 11.4. The predicted molar refractivity (Wildman–Crippen MR) is 113 cm³/mol. The molecule has 0 aliphatic rings. The van der Waals surface area contributed by atoms with E-state index in [1.165, 1.54) is 18.0 Å². The lowest BCUT2D eigenvalue weighted by Gasteiger charge is -2.08. The third-order valence-corrected chi connectivity index (χ3v) is 5.70. The summed E-state index contributed by atoms with van der Waals surface area (Å²) < 4.78 is 24.7. The van der Waals surface area contributed by atoms with Gasteiger partial charge >= 0.3 is 0 Å². The van der Waals surface area contributed by atoms with Gasteiger partial charge in [0.15, 0.2) is 20.8 Å². The molecule has 10 heteroatoms. The van der Waals surface area contributed by atoms with Crippen molar-refractivity contribution in [3.8, 4) is 11.4 Å². The van der Waals surface area contributed by atoms with Crippen LogP contribution in [0.4, 0.5) is 5.69 Å². The fourth-order valence-electron chi connectivity index (χ4n) is 2.65. The van der Waals surface area contributed by atoms with Gasteiger partial charge in [0.05, 0.1) is 17.2 Å². The number of anilines is 1. The van der Waals surface area contributed by atoms with Crippen LogP contribution in [0.2, 0.25) is 0 Å². The number of carbonyl (C=O) groups is 1. The number of hydrogen-bond donors (Lipinski definition) is 1. The van der Waals surface area contributed by atoms with Crippen LogP contribution < -0.4 is 5.32 Å². The Morgan fingerprint density at radius 1 is 1.14 bits per heavy atom. The third kappa shape index (κ3) is 5.88. The second kappa shape index (κ2) is 9.19. The molecule has 152 valence electrons. The van der Waals surface area contributed by atoms with Crippen LogP contribution >= 0.6 is 11.8 Å². The molecule has 0 atom stereocenters. The number of para-hydroxylation sites is 1. The van der Waals surface area contributed by atoms with E-state index in [9.17, 15) is 13.2 Å². The molecule has 0 radical (unpaired) electrons. The van der Waals surface area contributed by atoms with Crippen LogP contribution in [-0.4, -0.2) is 46.1 Å². The van der Waals surface area contributed by atoms with Crippen molar-refractivity contribution in [2.24, 2.45) is 0 Å². The van der Waals surface area contributed by atoms with E-state index < -0.39 is 9.84 Å². The van der Waals surface area contributed by atoms with Crippen molar-refractivity contribution in [1.82, 2.24) is 19.7 Å². The number of sulfone groups is 1. The minimum absolute atomic E-state index is 0.106. The van der Waals surface area contributed by atoms with Crippen LogP contribution in [0.25, 0.3) is 11.4 Å². The van der Waals surface area contributed by atoms with Gasteiger partial charge in [0.1, 0.15) is 0 Å². The Kier molecular flexibility index (Phi) is 6.65. The highest BCUT2D eigenvalue weighted by Crippen LogP contribution is 2.24. The molecular formula is C19H21N5O3S2. The highest BCUT2D eigenvalue weighted by Gasteiger charge is 2.15. The topological polar surface area (TPSA) is 107 Å². The van der Waals surface area contributed by atoms with Crippen molar-refractivity contribution in [2.75, 3.05) is 17.3 Å². The van der Waals surface area contributed by atoms with E-state index in [0.29, 0.717) is 23.2 Å². The highest BCUT2D eigenvalue weighted by atomic mass is 32.2. The summed E-state index contributed by atoms with van der Waals surface area (Å²) in [6.45, 7) is 2.59. The number of carbonyl (C=O) groups excluding carboxylic acids is 1. The lowest BCUT2D eigenvalue weighted by atomic mass is 10.2. The molecular weight excluding hydrogens is 410 g/mol. The number of aromatic nitrogens is 4. The summed E-state index contributed by atoms with van der Waals surface area (Å²) in [6.07, 6.45) is 2.76. The molecule has 0 bridgehead atoms. The monoisotopic (exact) mass is 431 g/mol. The second-order valence-corrected chi connectivity index (χ2v) is 9.44. The van der Waals surface area contributed by atoms with Gasteiger partial charge in [-0.2, -0.15) is 0 Å². The summed E-state index contributed by atoms with van der Waals surface area (Å²) in [5.74, 6) is 0.598. The van der Waals surface area contributed by atoms with Crippen LogP contribution in [0.1, 0.15) is 12.6 Å². The lowest BCUT2D eigenvalue weighted by molar-refractivity contribution is -0.113. The van der Waals surface area contributed by atoms with Crippen LogP contribution in [0.5, 0.6) is 0 Å². The van der Waals surface area contributed by atoms with Crippen molar-refractivity contribution in [3.63, 3.8) is 0 Å². The molecule has 2 heterocycles. The summed E-state index contributed by atoms with van der Waals surface area (Å²) in [7, 11) is -3.14. The van der Waals surface area contributed by atoms with E-state index in [1.807, 2.05) is 41.8 Å². The Hall–Kier alpha value is -2.72. The fraction of sp³-hybridized carbons (Fsp3) is 0.263. The quantitative estimate of drug-likeness (QED) is 0.546. The molecule has 0 saturated heterocycles. The van der Waals surface area contributed by atoms with Gasteiger partial charge in [-0.25, -0.2) is 8.42 Å². The van der Waals surface area contributed by atoms with E-state index in [2.05, 4.69) is 20.5 Å². The molecule has 0 aliphatic heterocycles. The average molecular weight is 432 g/mol. The lowest BCUT2D eigenvalue weighted by Crippen LogP contribution is -2.14. The molecule has 0 saturated carbocycles. The van der Waals surface area contributed by atoms with Gasteiger partial charge in [-0.05, 0) is 31.2 Å². The number of hydrogen-bond acceptors (Lipinski definition) is 7. The number of nitrogens with zero attached hydrogens (tertiary/aromatic N) is 4. The highest BCUT2D eigenvalue weighted by molar-refractivity contribution is 7.99. The Morgan fingerprint density at radius 2 is 1.90 bits per heavy atom. The first-order valence-electron chi connectivity index (χ1n) is 8.89. The minimum Gasteiger partial charge on any atom is -0.325 e. The SMILES string of the molecule is CCn1c(SCC(=O)Nc2ccccc2)nnc1-c1ccc(CS(C)(=O)=O)nc1. The maximum absolute atomic E-state index is 12.2. The Balaban J connectivity index is 1.69. The molecule has 1 N–H and O–H groups in total. The molecule has 0 fully saturated rings. The Morgan fingerprint density at radius 3 is 2.52 bits per heavy atom. The van der Waals surface area contributed by atoms with Crippen LogP contribution in [0.3, 0.4) is 0 Å². The molecule has 1 amide bonds. The molecule has 0 spiro atoms. The number of nitrogens with one attached hydrogen (secondary N) is 1. The Labute approximate surface area is 173 Å². The van der Waals surface area contributed by atoms with E-state index >= 15 is 0 Å². The summed E-state index contributed by atoms with van der Waals surface area (Å²) in [5.41, 5.74) is 1.96. The van der Waals surface area contributed by atoms with Gasteiger partial charge in [-0.1, -0.05) is 30.0 Å². The van der Waals surface area contributed by atoms with Gasteiger partial charge in [0.2, 0.25) is 5.91 Å². The molecule has 0 aliphatic carbocycles. The third-order valence-electron chi connectivity index (χ3n) is 3.92. The van der Waals surface area contributed by atoms with Crippen molar-refractivity contribution in [2.45, 2.75) is 24.4 Å².